The van der Waals surface area contributed by atoms with Crippen molar-refractivity contribution in [2.45, 2.75) is 4.90 Å². The van der Waals surface area contributed by atoms with E-state index < -0.39 is 10.0 Å². The van der Waals surface area contributed by atoms with Crippen molar-refractivity contribution in [3.05, 3.63) is 54.1 Å². The van der Waals surface area contributed by atoms with Crippen LogP contribution in [0.5, 0.6) is 0 Å². The molecule has 2 aliphatic heterocycles. The Bertz CT molecular complexity index is 985. The number of nitrogens with one attached hydrogen (secondary N) is 2. The minimum absolute atomic E-state index is 0.120. The van der Waals surface area contributed by atoms with Crippen molar-refractivity contribution in [2.24, 2.45) is 0 Å². The van der Waals surface area contributed by atoms with E-state index in [0.717, 1.165) is 31.9 Å². The number of morpholine rings is 1. The lowest BCUT2D eigenvalue weighted by Crippen LogP contribution is -2.44. The Hall–Kier alpha value is -2.62. The van der Waals surface area contributed by atoms with Crippen molar-refractivity contribution < 1.29 is 17.9 Å². The fraction of sp³-hybridized carbons (Fsp3) is 0.381. The highest BCUT2D eigenvalue weighted by molar-refractivity contribution is 7.92. The molecule has 160 valence electrons. The van der Waals surface area contributed by atoms with E-state index in [9.17, 15) is 13.2 Å². The molecule has 2 fully saturated rings. The predicted octanol–water partition coefficient (Wildman–Crippen LogP) is 1.37. The van der Waals surface area contributed by atoms with Gasteiger partial charge in [0, 0.05) is 44.8 Å². The summed E-state index contributed by atoms with van der Waals surface area (Å²) in [5.41, 5.74) is 1.65. The maximum Gasteiger partial charge on any atom is 0.261 e. The SMILES string of the molecule is O=C(c1ccc(N2CCNCC2)c(NS(=O)(=O)c2ccccc2)c1)N1CCOCC1. The molecule has 2 aliphatic rings. The minimum atomic E-state index is -3.78. The van der Waals surface area contributed by atoms with Crippen LogP contribution in [0.3, 0.4) is 0 Å². The first-order chi connectivity index (χ1) is 14.5. The van der Waals surface area contributed by atoms with Gasteiger partial charge in [0.15, 0.2) is 0 Å². The van der Waals surface area contributed by atoms with Gasteiger partial charge in [-0.05, 0) is 30.3 Å². The van der Waals surface area contributed by atoms with Crippen LogP contribution >= 0.6 is 0 Å². The third kappa shape index (κ3) is 4.58. The number of anilines is 2. The molecule has 2 aromatic carbocycles. The van der Waals surface area contributed by atoms with Crippen molar-refractivity contribution in [2.75, 3.05) is 62.1 Å². The molecular formula is C21H26N4O4S. The first-order valence-corrected chi connectivity index (χ1v) is 11.6. The summed E-state index contributed by atoms with van der Waals surface area (Å²) >= 11 is 0. The van der Waals surface area contributed by atoms with Gasteiger partial charge in [0.2, 0.25) is 0 Å². The number of hydrogen-bond donors (Lipinski definition) is 2. The van der Waals surface area contributed by atoms with Crippen LogP contribution in [-0.2, 0) is 14.8 Å². The summed E-state index contributed by atoms with van der Waals surface area (Å²) in [6, 6.07) is 13.5. The standard InChI is InChI=1S/C21H26N4O4S/c26-21(25-12-14-29-15-13-25)17-6-7-20(24-10-8-22-9-11-24)19(16-17)23-30(27,28)18-4-2-1-3-5-18/h1-7,16,22-23H,8-15H2. The van der Waals surface area contributed by atoms with Gasteiger partial charge >= 0.3 is 0 Å². The molecule has 8 nitrogen and oxygen atoms in total. The topological polar surface area (TPSA) is 91.0 Å². The highest BCUT2D eigenvalue weighted by Gasteiger charge is 2.23. The van der Waals surface area contributed by atoms with Gasteiger partial charge in [-0.2, -0.15) is 0 Å². The third-order valence-electron chi connectivity index (χ3n) is 5.30. The Labute approximate surface area is 176 Å². The number of carbonyl (C=O) groups excluding carboxylic acids is 1. The van der Waals surface area contributed by atoms with Crippen LogP contribution in [0, 0.1) is 0 Å². The zero-order valence-corrected chi connectivity index (χ0v) is 17.5. The van der Waals surface area contributed by atoms with Crippen LogP contribution in [-0.4, -0.2) is 71.7 Å². The van der Waals surface area contributed by atoms with Gasteiger partial charge in [-0.15, -0.1) is 0 Å². The molecule has 4 rings (SSSR count). The second kappa shape index (κ2) is 9.03. The summed E-state index contributed by atoms with van der Waals surface area (Å²) in [6.45, 7) is 5.25. The molecule has 30 heavy (non-hydrogen) atoms. The Morgan fingerprint density at radius 3 is 2.37 bits per heavy atom. The number of benzene rings is 2. The monoisotopic (exact) mass is 430 g/mol. The van der Waals surface area contributed by atoms with E-state index in [1.54, 1.807) is 47.4 Å². The highest BCUT2D eigenvalue weighted by atomic mass is 32.2. The first-order valence-electron chi connectivity index (χ1n) is 10.1. The zero-order chi connectivity index (χ0) is 21.0. The van der Waals surface area contributed by atoms with E-state index in [-0.39, 0.29) is 10.8 Å². The number of nitrogens with zero attached hydrogens (tertiary/aromatic N) is 2. The van der Waals surface area contributed by atoms with Crippen molar-refractivity contribution in [3.63, 3.8) is 0 Å². The lowest BCUT2D eigenvalue weighted by atomic mass is 10.1. The van der Waals surface area contributed by atoms with Crippen LogP contribution in [0.2, 0.25) is 0 Å². The fourth-order valence-electron chi connectivity index (χ4n) is 3.68. The van der Waals surface area contributed by atoms with E-state index in [1.807, 2.05) is 6.07 Å². The molecular weight excluding hydrogens is 404 g/mol. The lowest BCUT2D eigenvalue weighted by Gasteiger charge is -2.32. The highest BCUT2D eigenvalue weighted by Crippen LogP contribution is 2.30. The quantitative estimate of drug-likeness (QED) is 0.745. The average Bonchev–Trinajstić information content (AvgIpc) is 2.80. The second-order valence-electron chi connectivity index (χ2n) is 7.29. The smallest absolute Gasteiger partial charge is 0.261 e. The van der Waals surface area contributed by atoms with E-state index in [0.29, 0.717) is 37.6 Å². The Balaban J connectivity index is 1.68. The Morgan fingerprint density at radius 2 is 1.67 bits per heavy atom. The average molecular weight is 431 g/mol. The number of carbonyl (C=O) groups is 1. The summed E-state index contributed by atoms with van der Waals surface area (Å²) in [4.78, 5) is 17.0. The van der Waals surface area contributed by atoms with Crippen molar-refractivity contribution in [1.29, 1.82) is 0 Å². The number of amides is 1. The molecule has 0 bridgehead atoms. The van der Waals surface area contributed by atoms with Gasteiger partial charge in [0.25, 0.3) is 15.9 Å². The largest absolute Gasteiger partial charge is 0.378 e. The van der Waals surface area contributed by atoms with Gasteiger partial charge in [-0.3, -0.25) is 9.52 Å². The van der Waals surface area contributed by atoms with E-state index in [1.165, 1.54) is 0 Å². The molecule has 0 spiro atoms. The molecule has 2 heterocycles. The normalized spacial score (nSPS) is 17.6. The molecule has 2 aromatic rings. The van der Waals surface area contributed by atoms with E-state index in [2.05, 4.69) is 14.9 Å². The number of rotatable bonds is 5. The molecule has 9 heteroatoms. The Kier molecular flexibility index (Phi) is 6.21. The molecule has 1 amide bonds. The number of ether oxygens (including phenoxy) is 1. The molecule has 0 saturated carbocycles. The number of sulfonamides is 1. The van der Waals surface area contributed by atoms with Crippen molar-refractivity contribution in [1.82, 2.24) is 10.2 Å². The summed E-state index contributed by atoms with van der Waals surface area (Å²) in [7, 11) is -3.78. The van der Waals surface area contributed by atoms with Crippen LogP contribution in [0.4, 0.5) is 11.4 Å². The van der Waals surface area contributed by atoms with E-state index >= 15 is 0 Å². The maximum atomic E-state index is 13.0. The number of hydrogen-bond acceptors (Lipinski definition) is 6. The number of piperazine rings is 1. The van der Waals surface area contributed by atoms with Gasteiger partial charge in [0.1, 0.15) is 0 Å². The van der Waals surface area contributed by atoms with Gasteiger partial charge in [-0.25, -0.2) is 8.42 Å². The summed E-state index contributed by atoms with van der Waals surface area (Å²) in [5, 5.41) is 3.30. The predicted molar refractivity (Wildman–Crippen MR) is 115 cm³/mol. The van der Waals surface area contributed by atoms with Crippen molar-refractivity contribution >= 4 is 27.3 Å². The molecule has 2 saturated heterocycles. The summed E-state index contributed by atoms with van der Waals surface area (Å²) in [5.74, 6) is -0.120. The molecule has 0 radical (unpaired) electrons. The third-order valence-corrected chi connectivity index (χ3v) is 6.68. The molecule has 2 N–H and O–H groups in total. The molecule has 0 unspecified atom stereocenters. The summed E-state index contributed by atoms with van der Waals surface area (Å²) < 4.78 is 34.0. The Morgan fingerprint density at radius 1 is 0.967 bits per heavy atom. The van der Waals surface area contributed by atoms with Gasteiger partial charge in [-0.1, -0.05) is 18.2 Å². The second-order valence-corrected chi connectivity index (χ2v) is 8.97. The fourth-order valence-corrected chi connectivity index (χ4v) is 4.77. The summed E-state index contributed by atoms with van der Waals surface area (Å²) in [6.07, 6.45) is 0. The van der Waals surface area contributed by atoms with E-state index in [4.69, 9.17) is 4.74 Å². The molecule has 0 aromatic heterocycles. The van der Waals surface area contributed by atoms with Gasteiger partial charge < -0.3 is 19.9 Å². The molecule has 0 atom stereocenters. The van der Waals surface area contributed by atoms with Crippen LogP contribution in [0.1, 0.15) is 10.4 Å². The minimum Gasteiger partial charge on any atom is -0.378 e. The maximum absolute atomic E-state index is 13.0. The zero-order valence-electron chi connectivity index (χ0n) is 16.7. The van der Waals surface area contributed by atoms with Gasteiger partial charge in [0.05, 0.1) is 29.5 Å². The first kappa shape index (κ1) is 20.6. The van der Waals surface area contributed by atoms with Crippen molar-refractivity contribution in [3.8, 4) is 0 Å². The molecule has 0 aliphatic carbocycles. The van der Waals surface area contributed by atoms with Crippen LogP contribution in [0.15, 0.2) is 53.4 Å². The van der Waals surface area contributed by atoms with Crippen LogP contribution < -0.4 is 14.9 Å². The van der Waals surface area contributed by atoms with Crippen LogP contribution in [0.25, 0.3) is 0 Å². The lowest BCUT2D eigenvalue weighted by molar-refractivity contribution is 0.0303.